The molecule has 4 heteroatoms. The molecule has 9 aromatic rings. The Bertz CT molecular complexity index is 3680. The Kier molecular flexibility index (Phi) is 11.8. The van der Waals surface area contributed by atoms with E-state index in [4.69, 9.17) is 19.1 Å². The monoisotopic (exact) mass is 1150 g/mol. The first-order valence-electron chi connectivity index (χ1n) is 29.7. The van der Waals surface area contributed by atoms with Crippen molar-refractivity contribution in [2.24, 2.45) is 0 Å². The molecule has 0 saturated heterocycles. The molecule has 0 aliphatic heterocycles. The number of hydrogen-bond acceptors (Lipinski definition) is 3. The minimum atomic E-state index is -2.79. The van der Waals surface area contributed by atoms with Gasteiger partial charge in [0.15, 0.2) is 0 Å². The van der Waals surface area contributed by atoms with Crippen molar-refractivity contribution in [1.82, 2.24) is 15.0 Å². The smallest absolute Gasteiger partial charge is 0.304 e. The van der Waals surface area contributed by atoms with E-state index < -0.39 is 41.7 Å². The number of fused-ring (bicyclic) bond motifs is 3. The molecule has 0 bridgehead atoms. The summed E-state index contributed by atoms with van der Waals surface area (Å²) < 4.78 is 76.3. The van der Waals surface area contributed by atoms with E-state index in [-0.39, 0.29) is 47.9 Å². The van der Waals surface area contributed by atoms with Crippen LogP contribution in [0.3, 0.4) is 0 Å². The Labute approximate surface area is 465 Å². The Balaban J connectivity index is 0.00000753. The molecule has 2 aliphatic carbocycles. The normalized spacial score (nSPS) is 16.7. The predicted molar refractivity (Wildman–Crippen MR) is 302 cm³/mol. The summed E-state index contributed by atoms with van der Waals surface area (Å²) >= 11 is 0. The fourth-order valence-corrected chi connectivity index (χ4v) is 11.4. The van der Waals surface area contributed by atoms with Gasteiger partial charge in [-0.25, -0.2) is 0 Å². The molecule has 3 heterocycles. The first kappa shape index (κ1) is 41.7. The van der Waals surface area contributed by atoms with Crippen molar-refractivity contribution in [2.45, 2.75) is 122 Å². The first-order chi connectivity index (χ1) is 38.4. The Hall–Kier alpha value is -6.58. The third kappa shape index (κ3) is 10.3. The Morgan fingerprint density at radius 2 is 1.19 bits per heavy atom. The van der Waals surface area contributed by atoms with Gasteiger partial charge in [0, 0.05) is 29.6 Å². The van der Waals surface area contributed by atoms with Gasteiger partial charge in [-0.15, -0.1) is 101 Å². The van der Waals surface area contributed by atoms with E-state index in [9.17, 15) is 6.85 Å². The summed E-state index contributed by atoms with van der Waals surface area (Å²) in [6.45, 7) is 10.3. The van der Waals surface area contributed by atoms with Crippen molar-refractivity contribution in [1.29, 1.82) is 0 Å². The van der Waals surface area contributed by atoms with Gasteiger partial charge in [-0.05, 0) is 151 Å². The first-order valence-corrected chi connectivity index (χ1v) is 25.7. The van der Waals surface area contributed by atoms with E-state index in [0.717, 1.165) is 98.3 Å². The molecule has 74 heavy (non-hydrogen) atoms. The molecule has 1 fully saturated rings. The van der Waals surface area contributed by atoms with E-state index in [2.05, 4.69) is 102 Å². The van der Waals surface area contributed by atoms with Crippen molar-refractivity contribution < 1.29 is 31.1 Å². The minimum Gasteiger partial charge on any atom is -0.304 e. The van der Waals surface area contributed by atoms with Gasteiger partial charge in [-0.3, -0.25) is 0 Å². The number of rotatable bonds is 14. The topological polar surface area (TPSA) is 38.7 Å². The Morgan fingerprint density at radius 1 is 0.581 bits per heavy atom. The zero-order valence-corrected chi connectivity index (χ0v) is 45.5. The average Bonchev–Trinajstić information content (AvgIpc) is 4.15. The molecule has 11 rings (SSSR count). The zero-order chi connectivity index (χ0) is 57.3. The summed E-state index contributed by atoms with van der Waals surface area (Å²) in [7, 11) is 0. The summed E-state index contributed by atoms with van der Waals surface area (Å²) in [6, 6.07) is 58.1. The van der Waals surface area contributed by atoms with E-state index in [1.807, 2.05) is 79.1 Å². The van der Waals surface area contributed by atoms with Crippen molar-refractivity contribution in [2.75, 3.05) is 0 Å². The molecule has 0 spiro atoms. The summed E-state index contributed by atoms with van der Waals surface area (Å²) in [5.74, 6) is -0.628. The van der Waals surface area contributed by atoms with Gasteiger partial charge in [0.25, 0.3) is 0 Å². The quantitative estimate of drug-likeness (QED) is 0.102. The summed E-state index contributed by atoms with van der Waals surface area (Å²) in [5, 5.41) is 0. The number of aryl methyl sites for hydroxylation is 3. The number of nitrogens with zero attached hydrogens (tertiary/aromatic N) is 3. The van der Waals surface area contributed by atoms with Crippen LogP contribution in [-0.2, 0) is 61.9 Å². The molecule has 0 amide bonds. The second-order valence-corrected chi connectivity index (χ2v) is 21.8. The van der Waals surface area contributed by atoms with Crippen LogP contribution in [0.2, 0.25) is 0 Å². The van der Waals surface area contributed by atoms with Gasteiger partial charge in [0.2, 0.25) is 0 Å². The van der Waals surface area contributed by atoms with Gasteiger partial charge < -0.3 is 15.0 Å². The van der Waals surface area contributed by atoms with E-state index >= 15 is 0 Å². The fourth-order valence-electron chi connectivity index (χ4n) is 11.4. The van der Waals surface area contributed by atoms with Gasteiger partial charge in [-0.2, -0.15) is 0 Å². The predicted octanol–water partition coefficient (Wildman–Crippen LogP) is 17.0. The van der Waals surface area contributed by atoms with Gasteiger partial charge in [0.1, 0.15) is 0 Å². The third-order valence-electron chi connectivity index (χ3n) is 15.3. The maximum absolute atomic E-state index is 10.2. The zero-order valence-electron chi connectivity index (χ0n) is 51.1. The number of benzene rings is 6. The second kappa shape index (κ2) is 21.0. The van der Waals surface area contributed by atoms with Crippen LogP contribution < -0.4 is 0 Å². The number of hydrogen-bond donors (Lipinski definition) is 0. The van der Waals surface area contributed by atoms with E-state index in [1.165, 1.54) is 12.3 Å². The summed E-state index contributed by atoms with van der Waals surface area (Å²) in [6.07, 6.45) is 4.37. The fraction of sp³-hybridized carbons (Fsp3) is 0.271. The Morgan fingerprint density at radius 3 is 1.78 bits per heavy atom. The van der Waals surface area contributed by atoms with Crippen molar-refractivity contribution in [3.63, 3.8) is 0 Å². The second-order valence-electron chi connectivity index (χ2n) is 21.8. The van der Waals surface area contributed by atoms with Crippen LogP contribution in [0.25, 0.3) is 56.0 Å². The molecule has 1 saturated carbocycles. The van der Waals surface area contributed by atoms with Crippen LogP contribution in [0, 0.1) is 25.1 Å². The standard InChI is InChI=1S/C70H66N3.Ir/c1-47-19-14-17-26-58(47)62-41-66(61-28-18-27-60-59-34-31-54(51-20-15-16-21-51)40-63(59)70(6,7)67(60)61)71-44-55(62)30-29-48-37-49(42-68(2,3)56-32-35-64(72-45-56)52-22-10-8-11-23-52)39-50(38-48)43-69(4,5)57-33-36-65(73-46-57)53-24-12-9-13-25-53;/h8-14,17-19,22,24,26-27,31-41,44-46,51H,15-16,20-21,29-30,42-43H2,1-7H3;/q-3;+3/i1D3,29D2,30D2,51D;. The molecule has 0 radical (unpaired) electrons. The van der Waals surface area contributed by atoms with Crippen molar-refractivity contribution >= 4 is 0 Å². The number of aromatic nitrogens is 3. The molecule has 3 nitrogen and oxygen atoms in total. The molecular formula is C70H66IrN3. The summed E-state index contributed by atoms with van der Waals surface area (Å²) in [4.78, 5) is 14.7. The SMILES string of the molecule is [2H]C([2H])([2H])c1ccccc1-c1cc(-c2[c-]ccc3c2C(C)(C)c2cc(C4([2H])CCCC4)ccc2-3)ncc1C([2H])([2H])C([2H])([2H])c1cc(CC(C)(C)c2ccc(-c3[c-]cccc3)nc2)cc(CC(C)(C)c2ccc(-c3[c-]cccc3)nc2)c1.[Ir+3]. The average molecular weight is 1150 g/mol. The molecule has 370 valence electrons. The number of pyridine rings is 3. The van der Waals surface area contributed by atoms with Crippen LogP contribution in [0.5, 0.6) is 0 Å². The van der Waals surface area contributed by atoms with Crippen LogP contribution in [-0.4, -0.2) is 15.0 Å². The third-order valence-corrected chi connectivity index (χ3v) is 15.3. The molecular weight excluding hydrogens is 1080 g/mol. The van der Waals surface area contributed by atoms with E-state index in [1.54, 1.807) is 36.4 Å². The van der Waals surface area contributed by atoms with Gasteiger partial charge >= 0.3 is 20.1 Å². The van der Waals surface area contributed by atoms with E-state index in [0.29, 0.717) is 24.1 Å². The molecule has 0 N–H and O–H groups in total. The van der Waals surface area contributed by atoms with Crippen molar-refractivity contribution in [3.8, 4) is 56.0 Å². The molecule has 2 aliphatic rings. The van der Waals surface area contributed by atoms with Gasteiger partial charge in [-0.1, -0.05) is 151 Å². The largest absolute Gasteiger partial charge is 3.00 e. The maximum atomic E-state index is 10.2. The van der Waals surface area contributed by atoms with Crippen LogP contribution >= 0.6 is 0 Å². The summed E-state index contributed by atoms with van der Waals surface area (Å²) in [5.41, 5.74) is 12.4. The van der Waals surface area contributed by atoms with Crippen molar-refractivity contribution in [3.05, 3.63) is 244 Å². The molecule has 0 atom stereocenters. The van der Waals surface area contributed by atoms with Crippen LogP contribution in [0.15, 0.2) is 170 Å². The molecule has 3 aromatic heterocycles. The molecule has 6 aromatic carbocycles. The maximum Gasteiger partial charge on any atom is 3.00 e. The van der Waals surface area contributed by atoms with Crippen LogP contribution in [0.1, 0.15) is 140 Å². The molecule has 0 unspecified atom stereocenters. The van der Waals surface area contributed by atoms with Gasteiger partial charge in [0.05, 0.1) is 0 Å². The minimum absolute atomic E-state index is 0. The van der Waals surface area contributed by atoms with Crippen LogP contribution in [0.4, 0.5) is 0 Å².